The highest BCUT2D eigenvalue weighted by Crippen LogP contribution is 2.37. The van der Waals surface area contributed by atoms with Crippen molar-refractivity contribution < 1.29 is 9.53 Å². The van der Waals surface area contributed by atoms with E-state index in [9.17, 15) is 4.79 Å². The summed E-state index contributed by atoms with van der Waals surface area (Å²) in [6.45, 7) is 7.44. The summed E-state index contributed by atoms with van der Waals surface area (Å²) in [6.07, 6.45) is 2.07. The summed E-state index contributed by atoms with van der Waals surface area (Å²) in [6, 6.07) is 11.8. The van der Waals surface area contributed by atoms with E-state index in [1.165, 1.54) is 0 Å². The Balaban J connectivity index is 2.04. The molecule has 0 spiro atoms. The lowest BCUT2D eigenvalue weighted by atomic mass is 9.99. The van der Waals surface area contributed by atoms with Gasteiger partial charge in [0.05, 0.1) is 7.11 Å². The fourth-order valence-corrected chi connectivity index (χ4v) is 3.21. The van der Waals surface area contributed by atoms with Gasteiger partial charge in [-0.25, -0.2) is 4.79 Å². The van der Waals surface area contributed by atoms with Crippen LogP contribution in [0.1, 0.15) is 38.1 Å². The molecule has 3 rings (SSSR count). The molecule has 2 aromatic rings. The van der Waals surface area contributed by atoms with Gasteiger partial charge >= 0.3 is 6.03 Å². The molecule has 0 fully saturated rings. The summed E-state index contributed by atoms with van der Waals surface area (Å²) >= 11 is 0. The van der Waals surface area contributed by atoms with Crippen LogP contribution in [0, 0.1) is 0 Å². The van der Waals surface area contributed by atoms with Crippen molar-refractivity contribution in [3.05, 3.63) is 53.9 Å². The second-order valence-electron chi connectivity index (χ2n) is 7.14. The first-order valence-electron chi connectivity index (χ1n) is 8.27. The van der Waals surface area contributed by atoms with Crippen LogP contribution >= 0.6 is 0 Å². The number of nitrogens with zero attached hydrogens (tertiary/aromatic N) is 2. The molecule has 128 valence electrons. The van der Waals surface area contributed by atoms with Gasteiger partial charge in [-0.15, -0.1) is 0 Å². The van der Waals surface area contributed by atoms with Gasteiger partial charge < -0.3 is 19.5 Å². The number of fused-ring (bicyclic) bond motifs is 1. The minimum Gasteiger partial charge on any atom is -0.496 e. The molecule has 1 unspecified atom stereocenters. The van der Waals surface area contributed by atoms with Crippen LogP contribution in [-0.2, 0) is 6.54 Å². The van der Waals surface area contributed by atoms with E-state index >= 15 is 0 Å². The molecular weight excluding hydrogens is 302 g/mol. The molecule has 1 aromatic carbocycles. The Morgan fingerprint density at radius 1 is 1.17 bits per heavy atom. The third-order valence-corrected chi connectivity index (χ3v) is 4.21. The summed E-state index contributed by atoms with van der Waals surface area (Å²) in [5.74, 6) is 0.797. The maximum atomic E-state index is 12.9. The fourth-order valence-electron chi connectivity index (χ4n) is 3.21. The van der Waals surface area contributed by atoms with Gasteiger partial charge in [0.2, 0.25) is 0 Å². The number of carbonyl (C=O) groups excluding carboxylic acids is 1. The predicted octanol–water partition coefficient (Wildman–Crippen LogP) is 3.41. The van der Waals surface area contributed by atoms with Crippen LogP contribution in [0.3, 0.4) is 0 Å². The maximum absolute atomic E-state index is 12.9. The number of benzene rings is 1. The Hall–Kier alpha value is -2.43. The Labute approximate surface area is 143 Å². The SMILES string of the molecule is COc1ccccc1C1c2cccn2CCN1C(=O)NC(C)(C)C. The van der Waals surface area contributed by atoms with Crippen molar-refractivity contribution in [2.75, 3.05) is 13.7 Å². The minimum atomic E-state index is -0.276. The van der Waals surface area contributed by atoms with E-state index < -0.39 is 0 Å². The van der Waals surface area contributed by atoms with E-state index in [-0.39, 0.29) is 17.6 Å². The minimum absolute atomic E-state index is 0.0501. The number of methoxy groups -OCH3 is 1. The first-order valence-corrected chi connectivity index (χ1v) is 8.27. The van der Waals surface area contributed by atoms with Gasteiger partial charge in [0.1, 0.15) is 11.8 Å². The highest BCUT2D eigenvalue weighted by atomic mass is 16.5. The van der Waals surface area contributed by atoms with Crippen molar-refractivity contribution in [3.8, 4) is 5.75 Å². The standard InChI is InChI=1S/C19H25N3O2/c1-19(2,3)20-18(23)22-13-12-21-11-7-9-15(21)17(22)14-8-5-6-10-16(14)24-4/h5-11,17H,12-13H2,1-4H3,(H,20,23). The highest BCUT2D eigenvalue weighted by Gasteiger charge is 2.34. The number of rotatable bonds is 2. The van der Waals surface area contributed by atoms with Crippen LogP contribution in [-0.4, -0.2) is 34.7 Å². The lowest BCUT2D eigenvalue weighted by Crippen LogP contribution is -2.52. The van der Waals surface area contributed by atoms with Gasteiger partial charge in [-0.1, -0.05) is 18.2 Å². The lowest BCUT2D eigenvalue weighted by Gasteiger charge is -2.39. The molecule has 0 bridgehead atoms. The largest absolute Gasteiger partial charge is 0.496 e. The molecule has 1 atom stereocenters. The number of urea groups is 1. The van der Waals surface area contributed by atoms with Crippen LogP contribution < -0.4 is 10.1 Å². The molecule has 0 radical (unpaired) electrons. The average Bonchev–Trinajstić information content (AvgIpc) is 3.00. The summed E-state index contributed by atoms with van der Waals surface area (Å²) in [4.78, 5) is 14.8. The Morgan fingerprint density at radius 2 is 1.92 bits per heavy atom. The van der Waals surface area contributed by atoms with E-state index in [4.69, 9.17) is 4.74 Å². The zero-order valence-electron chi connectivity index (χ0n) is 14.7. The predicted molar refractivity (Wildman–Crippen MR) is 94.3 cm³/mol. The maximum Gasteiger partial charge on any atom is 0.318 e. The number of para-hydroxylation sites is 1. The Bertz CT molecular complexity index is 730. The zero-order valence-corrected chi connectivity index (χ0v) is 14.7. The van der Waals surface area contributed by atoms with Crippen molar-refractivity contribution in [1.82, 2.24) is 14.8 Å². The van der Waals surface area contributed by atoms with Gasteiger partial charge in [0.25, 0.3) is 0 Å². The van der Waals surface area contributed by atoms with Gasteiger partial charge in [-0.3, -0.25) is 0 Å². The molecule has 5 heteroatoms. The molecule has 2 heterocycles. The van der Waals surface area contributed by atoms with Crippen molar-refractivity contribution in [3.63, 3.8) is 0 Å². The molecule has 24 heavy (non-hydrogen) atoms. The molecule has 0 saturated heterocycles. The molecule has 2 amide bonds. The van der Waals surface area contributed by atoms with E-state index in [1.54, 1.807) is 7.11 Å². The van der Waals surface area contributed by atoms with Crippen LogP contribution in [0.4, 0.5) is 4.79 Å². The summed E-state index contributed by atoms with van der Waals surface area (Å²) in [7, 11) is 1.67. The number of hydrogen-bond donors (Lipinski definition) is 1. The van der Waals surface area contributed by atoms with Gasteiger partial charge in [-0.2, -0.15) is 0 Å². The first-order chi connectivity index (χ1) is 11.4. The number of amides is 2. The van der Waals surface area contributed by atoms with Crippen molar-refractivity contribution in [2.24, 2.45) is 0 Å². The topological polar surface area (TPSA) is 46.5 Å². The molecular formula is C19H25N3O2. The number of carbonyl (C=O) groups is 1. The summed E-state index contributed by atoms with van der Waals surface area (Å²) in [5, 5.41) is 3.09. The second-order valence-corrected chi connectivity index (χ2v) is 7.14. The van der Waals surface area contributed by atoms with Crippen LogP contribution in [0.25, 0.3) is 0 Å². The lowest BCUT2D eigenvalue weighted by molar-refractivity contribution is 0.159. The van der Waals surface area contributed by atoms with E-state index in [0.717, 1.165) is 23.6 Å². The van der Waals surface area contributed by atoms with Crippen LogP contribution in [0.15, 0.2) is 42.6 Å². The van der Waals surface area contributed by atoms with Crippen LogP contribution in [0.2, 0.25) is 0 Å². The first kappa shape index (κ1) is 16.4. The molecule has 1 aliphatic rings. The van der Waals surface area contributed by atoms with Crippen molar-refractivity contribution >= 4 is 6.03 Å². The number of ether oxygens (including phenoxy) is 1. The normalized spacial score (nSPS) is 17.3. The number of hydrogen-bond acceptors (Lipinski definition) is 2. The van der Waals surface area contributed by atoms with Crippen molar-refractivity contribution in [1.29, 1.82) is 0 Å². The fraction of sp³-hybridized carbons (Fsp3) is 0.421. The molecule has 0 aliphatic carbocycles. The number of aromatic nitrogens is 1. The average molecular weight is 327 g/mol. The molecule has 0 saturated carbocycles. The smallest absolute Gasteiger partial charge is 0.318 e. The van der Waals surface area contributed by atoms with Crippen LogP contribution in [0.5, 0.6) is 5.75 Å². The monoisotopic (exact) mass is 327 g/mol. The van der Waals surface area contributed by atoms with Gasteiger partial charge in [0.15, 0.2) is 0 Å². The molecule has 1 aliphatic heterocycles. The highest BCUT2D eigenvalue weighted by molar-refractivity contribution is 5.76. The van der Waals surface area contributed by atoms with Gasteiger partial charge in [-0.05, 0) is 39.0 Å². The summed E-state index contributed by atoms with van der Waals surface area (Å²) < 4.78 is 7.76. The summed E-state index contributed by atoms with van der Waals surface area (Å²) in [5.41, 5.74) is 1.83. The molecule has 1 N–H and O–H groups in total. The molecule has 5 nitrogen and oxygen atoms in total. The zero-order chi connectivity index (χ0) is 17.3. The second kappa shape index (κ2) is 6.23. The van der Waals surface area contributed by atoms with E-state index in [0.29, 0.717) is 6.54 Å². The number of nitrogens with one attached hydrogen (secondary N) is 1. The van der Waals surface area contributed by atoms with Crippen molar-refractivity contribution in [2.45, 2.75) is 38.9 Å². The third kappa shape index (κ3) is 3.11. The quantitative estimate of drug-likeness (QED) is 0.919. The Morgan fingerprint density at radius 3 is 2.62 bits per heavy atom. The van der Waals surface area contributed by atoms with E-state index in [1.807, 2.05) is 56.0 Å². The van der Waals surface area contributed by atoms with E-state index in [2.05, 4.69) is 22.1 Å². The Kier molecular flexibility index (Phi) is 4.26. The van der Waals surface area contributed by atoms with Gasteiger partial charge in [0, 0.05) is 36.1 Å². The third-order valence-electron chi connectivity index (χ3n) is 4.21. The molecule has 1 aromatic heterocycles.